The molecule has 0 aliphatic carbocycles. The Labute approximate surface area is 198 Å². The van der Waals surface area contributed by atoms with Crippen molar-refractivity contribution in [3.63, 3.8) is 0 Å². The molecule has 1 aromatic heterocycles. The van der Waals surface area contributed by atoms with Crippen LogP contribution in [0.2, 0.25) is 0 Å². The van der Waals surface area contributed by atoms with Crippen LogP contribution in [0.15, 0.2) is 70.9 Å². The molecular weight excluding hydrogens is 434 g/mol. The molecule has 1 aliphatic rings. The molecule has 3 aromatic rings. The van der Waals surface area contributed by atoms with Crippen LogP contribution in [0.1, 0.15) is 41.8 Å². The van der Waals surface area contributed by atoms with Gasteiger partial charge in [-0.1, -0.05) is 19.1 Å². The van der Waals surface area contributed by atoms with E-state index in [0.717, 1.165) is 17.5 Å². The van der Waals surface area contributed by atoms with Crippen LogP contribution in [0.25, 0.3) is 5.76 Å². The third kappa shape index (κ3) is 4.41. The standard InChI is InChI=1S/C27H27NO6/c1-4-12-33-21-11-10-19(14-17(21)2)25(29)23-24(22-9-6-13-34-22)28(27(31)26(23)30)16-18-7-5-8-20(15-18)32-3/h5-11,13-15,24,29H,4,12,16H2,1-3H3/b25-23-. The van der Waals surface area contributed by atoms with E-state index in [0.29, 0.717) is 29.4 Å². The van der Waals surface area contributed by atoms with Gasteiger partial charge in [0.05, 0.1) is 25.6 Å². The highest BCUT2D eigenvalue weighted by Crippen LogP contribution is 2.41. The second-order valence-corrected chi connectivity index (χ2v) is 8.12. The molecule has 1 fully saturated rings. The number of carbonyl (C=O) groups is 2. The topological polar surface area (TPSA) is 89.2 Å². The number of aryl methyl sites for hydroxylation is 1. The van der Waals surface area contributed by atoms with E-state index in [1.54, 1.807) is 49.6 Å². The van der Waals surface area contributed by atoms with Crippen LogP contribution in [0.4, 0.5) is 0 Å². The van der Waals surface area contributed by atoms with Crippen molar-refractivity contribution in [3.05, 3.63) is 88.9 Å². The van der Waals surface area contributed by atoms with Gasteiger partial charge in [-0.25, -0.2) is 0 Å². The van der Waals surface area contributed by atoms with E-state index < -0.39 is 17.7 Å². The van der Waals surface area contributed by atoms with Crippen molar-refractivity contribution in [1.82, 2.24) is 4.90 Å². The fraction of sp³-hybridized carbons (Fsp3) is 0.259. The SMILES string of the molecule is CCCOc1ccc(/C(O)=C2/C(=O)C(=O)N(Cc3cccc(OC)c3)C2c2ccco2)cc1C. The summed E-state index contributed by atoms with van der Waals surface area (Å²) in [5.74, 6) is 0.0291. The number of amides is 1. The number of furan rings is 1. The lowest BCUT2D eigenvalue weighted by Crippen LogP contribution is -2.29. The molecule has 7 nitrogen and oxygen atoms in total. The van der Waals surface area contributed by atoms with Crippen molar-refractivity contribution in [1.29, 1.82) is 0 Å². The first-order valence-electron chi connectivity index (χ1n) is 11.1. The minimum atomic E-state index is -0.863. The number of benzene rings is 2. The number of ketones is 1. The predicted octanol–water partition coefficient (Wildman–Crippen LogP) is 5.01. The van der Waals surface area contributed by atoms with Crippen LogP contribution in [0.5, 0.6) is 11.5 Å². The van der Waals surface area contributed by atoms with Crippen molar-refractivity contribution in [2.24, 2.45) is 0 Å². The number of carbonyl (C=O) groups excluding carboxylic acids is 2. The Bertz CT molecular complexity index is 1230. The zero-order chi connectivity index (χ0) is 24.2. The maximum Gasteiger partial charge on any atom is 0.296 e. The molecule has 1 aliphatic heterocycles. The largest absolute Gasteiger partial charge is 0.507 e. The number of methoxy groups -OCH3 is 1. The summed E-state index contributed by atoms with van der Waals surface area (Å²) in [6.07, 6.45) is 2.35. The molecule has 0 radical (unpaired) electrons. The monoisotopic (exact) mass is 461 g/mol. The fourth-order valence-corrected chi connectivity index (χ4v) is 4.08. The van der Waals surface area contributed by atoms with Crippen LogP contribution in [-0.4, -0.2) is 35.4 Å². The first kappa shape index (κ1) is 23.2. The van der Waals surface area contributed by atoms with Crippen LogP contribution >= 0.6 is 0 Å². The van der Waals surface area contributed by atoms with Crippen LogP contribution in [-0.2, 0) is 16.1 Å². The van der Waals surface area contributed by atoms with Gasteiger partial charge in [-0.15, -0.1) is 0 Å². The lowest BCUT2D eigenvalue weighted by Gasteiger charge is -2.23. The van der Waals surface area contributed by atoms with Crippen LogP contribution < -0.4 is 9.47 Å². The second-order valence-electron chi connectivity index (χ2n) is 8.12. The lowest BCUT2D eigenvalue weighted by molar-refractivity contribution is -0.140. The molecule has 1 N–H and O–H groups in total. The molecule has 0 spiro atoms. The van der Waals surface area contributed by atoms with Gasteiger partial charge in [0.25, 0.3) is 11.7 Å². The summed E-state index contributed by atoms with van der Waals surface area (Å²) in [7, 11) is 1.56. The maximum absolute atomic E-state index is 13.1. The van der Waals surface area contributed by atoms with Crippen molar-refractivity contribution in [3.8, 4) is 11.5 Å². The molecule has 2 heterocycles. The third-order valence-corrected chi connectivity index (χ3v) is 5.75. The lowest BCUT2D eigenvalue weighted by atomic mass is 9.98. The fourth-order valence-electron chi connectivity index (χ4n) is 4.08. The summed E-state index contributed by atoms with van der Waals surface area (Å²) in [5.41, 5.74) is 2.02. The molecule has 2 aromatic carbocycles. The molecule has 1 atom stereocenters. The van der Waals surface area contributed by atoms with E-state index in [1.807, 2.05) is 26.0 Å². The van der Waals surface area contributed by atoms with Crippen LogP contribution in [0.3, 0.4) is 0 Å². The molecule has 7 heteroatoms. The van der Waals surface area contributed by atoms with Crippen molar-refractivity contribution < 1.29 is 28.6 Å². The quantitative estimate of drug-likeness (QED) is 0.288. The van der Waals surface area contributed by atoms with Gasteiger partial charge in [-0.05, 0) is 66.9 Å². The average Bonchev–Trinajstić information content (AvgIpc) is 3.46. The molecular formula is C27H27NO6. The number of hydrogen-bond acceptors (Lipinski definition) is 6. The van der Waals surface area contributed by atoms with E-state index in [1.165, 1.54) is 11.2 Å². The first-order valence-corrected chi connectivity index (χ1v) is 11.1. The highest BCUT2D eigenvalue weighted by Gasteiger charge is 2.47. The Morgan fingerprint density at radius 2 is 1.94 bits per heavy atom. The second kappa shape index (κ2) is 9.87. The van der Waals surface area contributed by atoms with Crippen LogP contribution in [0, 0.1) is 6.92 Å². The Hall–Kier alpha value is -4.00. The van der Waals surface area contributed by atoms with E-state index in [9.17, 15) is 14.7 Å². The van der Waals surface area contributed by atoms with Gasteiger partial charge in [0.1, 0.15) is 29.1 Å². The van der Waals surface area contributed by atoms with Gasteiger partial charge < -0.3 is 23.9 Å². The number of aliphatic hydroxyl groups excluding tert-OH is 1. The summed E-state index contributed by atoms with van der Waals surface area (Å²) >= 11 is 0. The Morgan fingerprint density at radius 3 is 2.62 bits per heavy atom. The first-order chi connectivity index (χ1) is 16.4. The highest BCUT2D eigenvalue weighted by molar-refractivity contribution is 6.46. The third-order valence-electron chi connectivity index (χ3n) is 5.75. The minimum Gasteiger partial charge on any atom is -0.507 e. The van der Waals surface area contributed by atoms with Gasteiger partial charge in [-0.2, -0.15) is 0 Å². The summed E-state index contributed by atoms with van der Waals surface area (Å²) in [4.78, 5) is 27.6. The van der Waals surface area contributed by atoms with E-state index in [-0.39, 0.29) is 17.9 Å². The molecule has 4 rings (SSSR count). The molecule has 0 saturated carbocycles. The molecule has 0 bridgehead atoms. The molecule has 34 heavy (non-hydrogen) atoms. The molecule has 1 saturated heterocycles. The minimum absolute atomic E-state index is 0.00975. The molecule has 176 valence electrons. The summed E-state index contributed by atoms with van der Waals surface area (Å²) < 4.78 is 16.6. The summed E-state index contributed by atoms with van der Waals surface area (Å²) in [6.45, 7) is 4.62. The summed E-state index contributed by atoms with van der Waals surface area (Å²) in [5, 5.41) is 11.2. The smallest absolute Gasteiger partial charge is 0.296 e. The number of rotatable bonds is 8. The predicted molar refractivity (Wildman–Crippen MR) is 127 cm³/mol. The number of Topliss-reactive ketones (excluding diaryl/α,β-unsaturated/α-hetero) is 1. The molecule has 1 unspecified atom stereocenters. The normalized spacial score (nSPS) is 17.3. The number of likely N-dealkylation sites (tertiary alicyclic amines) is 1. The maximum atomic E-state index is 13.1. The highest BCUT2D eigenvalue weighted by atomic mass is 16.5. The Morgan fingerprint density at radius 1 is 1.12 bits per heavy atom. The van der Waals surface area contributed by atoms with Gasteiger partial charge in [0, 0.05) is 12.1 Å². The number of nitrogens with zero attached hydrogens (tertiary/aromatic N) is 1. The Balaban J connectivity index is 1.76. The van der Waals surface area contributed by atoms with Crippen molar-refractivity contribution in [2.45, 2.75) is 32.9 Å². The number of aliphatic hydroxyl groups is 1. The van der Waals surface area contributed by atoms with Gasteiger partial charge in [0.2, 0.25) is 0 Å². The van der Waals surface area contributed by atoms with Crippen molar-refractivity contribution >= 4 is 17.4 Å². The van der Waals surface area contributed by atoms with E-state index >= 15 is 0 Å². The average molecular weight is 462 g/mol. The van der Waals surface area contributed by atoms with Gasteiger partial charge in [-0.3, -0.25) is 9.59 Å². The summed E-state index contributed by atoms with van der Waals surface area (Å²) in [6, 6.07) is 15.0. The number of hydrogen-bond donors (Lipinski definition) is 1. The van der Waals surface area contributed by atoms with E-state index in [2.05, 4.69) is 0 Å². The van der Waals surface area contributed by atoms with Gasteiger partial charge >= 0.3 is 0 Å². The number of ether oxygens (including phenoxy) is 2. The zero-order valence-electron chi connectivity index (χ0n) is 19.4. The molecule has 1 amide bonds. The van der Waals surface area contributed by atoms with E-state index in [4.69, 9.17) is 13.9 Å². The Kier molecular flexibility index (Phi) is 6.72. The van der Waals surface area contributed by atoms with Crippen molar-refractivity contribution in [2.75, 3.05) is 13.7 Å². The zero-order valence-corrected chi connectivity index (χ0v) is 19.4. The van der Waals surface area contributed by atoms with Gasteiger partial charge in [0.15, 0.2) is 0 Å².